The summed E-state index contributed by atoms with van der Waals surface area (Å²) in [5, 5.41) is 0. The summed E-state index contributed by atoms with van der Waals surface area (Å²) < 4.78 is 0. The number of unbranched alkanes of at least 4 members (excludes halogenated alkanes) is 13. The monoisotopic (exact) mass is 353 g/mol. The van der Waals surface area contributed by atoms with Gasteiger partial charge in [-0.25, -0.2) is 0 Å². The molecule has 1 atom stereocenters. The SMILES string of the molecule is CCCCCCCCCCCCCCC(CC)CCCCCN(C)C. The summed E-state index contributed by atoms with van der Waals surface area (Å²) in [6.07, 6.45) is 26.2. The average molecular weight is 354 g/mol. The average Bonchev–Trinajstić information content (AvgIpc) is 2.60. The minimum atomic E-state index is 1.00. The third-order valence-corrected chi connectivity index (χ3v) is 5.76. The summed E-state index contributed by atoms with van der Waals surface area (Å²) in [5.74, 6) is 1.00. The highest BCUT2D eigenvalue weighted by Crippen LogP contribution is 2.21. The Bertz CT molecular complexity index is 236. The van der Waals surface area contributed by atoms with Crippen LogP contribution in [0.3, 0.4) is 0 Å². The van der Waals surface area contributed by atoms with Gasteiger partial charge >= 0.3 is 0 Å². The maximum absolute atomic E-state index is 2.39. The van der Waals surface area contributed by atoms with Gasteiger partial charge < -0.3 is 4.90 Å². The van der Waals surface area contributed by atoms with E-state index in [0.717, 1.165) is 5.92 Å². The predicted molar refractivity (Wildman–Crippen MR) is 116 cm³/mol. The van der Waals surface area contributed by atoms with Gasteiger partial charge in [-0.2, -0.15) is 0 Å². The van der Waals surface area contributed by atoms with Crippen molar-refractivity contribution >= 4 is 0 Å². The largest absolute Gasteiger partial charge is 0.309 e. The van der Waals surface area contributed by atoms with Crippen LogP contribution >= 0.6 is 0 Å². The van der Waals surface area contributed by atoms with Gasteiger partial charge in [0.1, 0.15) is 0 Å². The van der Waals surface area contributed by atoms with E-state index < -0.39 is 0 Å². The second-order valence-corrected chi connectivity index (χ2v) is 8.60. The van der Waals surface area contributed by atoms with Crippen molar-refractivity contribution in [2.45, 2.75) is 129 Å². The molecule has 0 radical (unpaired) electrons. The third kappa shape index (κ3) is 20.1. The topological polar surface area (TPSA) is 3.24 Å². The minimum absolute atomic E-state index is 1.00. The van der Waals surface area contributed by atoms with E-state index in [4.69, 9.17) is 0 Å². The Balaban J connectivity index is 3.27. The lowest BCUT2D eigenvalue weighted by atomic mass is 9.92. The van der Waals surface area contributed by atoms with Crippen molar-refractivity contribution in [1.29, 1.82) is 0 Å². The van der Waals surface area contributed by atoms with Crippen molar-refractivity contribution in [3.8, 4) is 0 Å². The second kappa shape index (κ2) is 20.3. The van der Waals surface area contributed by atoms with E-state index in [1.165, 1.54) is 122 Å². The molecule has 25 heavy (non-hydrogen) atoms. The van der Waals surface area contributed by atoms with E-state index in [-0.39, 0.29) is 0 Å². The van der Waals surface area contributed by atoms with Crippen LogP contribution in [-0.4, -0.2) is 25.5 Å². The molecule has 0 aliphatic rings. The Morgan fingerprint density at radius 1 is 0.520 bits per heavy atom. The molecule has 0 fully saturated rings. The highest BCUT2D eigenvalue weighted by Gasteiger charge is 2.06. The zero-order valence-corrected chi connectivity index (χ0v) is 18.5. The van der Waals surface area contributed by atoms with Gasteiger partial charge in [-0.05, 0) is 33.0 Å². The fourth-order valence-corrected chi connectivity index (χ4v) is 3.86. The first-order valence-corrected chi connectivity index (χ1v) is 11.8. The molecule has 0 aromatic heterocycles. The van der Waals surface area contributed by atoms with Crippen LogP contribution in [0.15, 0.2) is 0 Å². The Labute approximate surface area is 161 Å². The van der Waals surface area contributed by atoms with Gasteiger partial charge in [-0.15, -0.1) is 0 Å². The molecule has 0 aromatic carbocycles. The molecule has 0 spiro atoms. The second-order valence-electron chi connectivity index (χ2n) is 8.60. The van der Waals surface area contributed by atoms with Crippen LogP contribution in [0.2, 0.25) is 0 Å². The molecule has 1 unspecified atom stereocenters. The molecular formula is C24H51N. The summed E-state index contributed by atoms with van der Waals surface area (Å²) >= 11 is 0. The number of hydrogen-bond acceptors (Lipinski definition) is 1. The van der Waals surface area contributed by atoms with E-state index in [1.54, 1.807) is 0 Å². The lowest BCUT2D eigenvalue weighted by Crippen LogP contribution is -2.12. The molecule has 0 saturated carbocycles. The highest BCUT2D eigenvalue weighted by molar-refractivity contribution is 4.59. The van der Waals surface area contributed by atoms with Gasteiger partial charge in [0, 0.05) is 0 Å². The number of hydrogen-bond donors (Lipinski definition) is 0. The van der Waals surface area contributed by atoms with Gasteiger partial charge in [0.2, 0.25) is 0 Å². The van der Waals surface area contributed by atoms with Crippen LogP contribution in [0.5, 0.6) is 0 Å². The normalized spacial score (nSPS) is 12.8. The van der Waals surface area contributed by atoms with Crippen LogP contribution in [0.1, 0.15) is 129 Å². The van der Waals surface area contributed by atoms with Gasteiger partial charge in [-0.1, -0.05) is 123 Å². The van der Waals surface area contributed by atoms with Crippen molar-refractivity contribution in [2.75, 3.05) is 20.6 Å². The first-order valence-electron chi connectivity index (χ1n) is 11.8. The quantitative estimate of drug-likeness (QED) is 0.199. The molecule has 0 saturated heterocycles. The first-order chi connectivity index (χ1) is 12.2. The fourth-order valence-electron chi connectivity index (χ4n) is 3.86. The zero-order valence-electron chi connectivity index (χ0n) is 18.5. The Hall–Kier alpha value is -0.0400. The van der Waals surface area contributed by atoms with Crippen LogP contribution in [0.25, 0.3) is 0 Å². The predicted octanol–water partition coefficient (Wildman–Crippen LogP) is 8.23. The summed E-state index contributed by atoms with van der Waals surface area (Å²) in [6.45, 7) is 5.95. The first kappa shape index (κ1) is 25.0. The zero-order chi connectivity index (χ0) is 18.6. The van der Waals surface area contributed by atoms with Crippen LogP contribution < -0.4 is 0 Å². The summed E-state index contributed by atoms with van der Waals surface area (Å²) in [7, 11) is 4.37. The van der Waals surface area contributed by atoms with Crippen LogP contribution in [0, 0.1) is 5.92 Å². The molecule has 0 aliphatic heterocycles. The van der Waals surface area contributed by atoms with Crippen molar-refractivity contribution < 1.29 is 0 Å². The maximum Gasteiger partial charge on any atom is -0.00248 e. The molecule has 0 amide bonds. The molecule has 0 rings (SSSR count). The molecule has 1 nitrogen and oxygen atoms in total. The molecular weight excluding hydrogens is 302 g/mol. The molecule has 0 aliphatic carbocycles. The standard InChI is InChI=1S/C24H51N/c1-5-7-8-9-10-11-12-13-14-15-16-18-21-24(6-2)22-19-17-20-23-25(3)4/h24H,5-23H2,1-4H3. The molecule has 0 aromatic rings. The van der Waals surface area contributed by atoms with E-state index in [0.29, 0.717) is 0 Å². The van der Waals surface area contributed by atoms with Gasteiger partial charge in [0.25, 0.3) is 0 Å². The van der Waals surface area contributed by atoms with Crippen molar-refractivity contribution in [1.82, 2.24) is 4.90 Å². The lowest BCUT2D eigenvalue weighted by molar-refractivity contribution is 0.366. The molecule has 0 N–H and O–H groups in total. The van der Waals surface area contributed by atoms with E-state index in [9.17, 15) is 0 Å². The van der Waals surface area contributed by atoms with Gasteiger partial charge in [0.15, 0.2) is 0 Å². The van der Waals surface area contributed by atoms with Gasteiger partial charge in [-0.3, -0.25) is 0 Å². The van der Waals surface area contributed by atoms with E-state index >= 15 is 0 Å². The van der Waals surface area contributed by atoms with Crippen molar-refractivity contribution in [3.63, 3.8) is 0 Å². The van der Waals surface area contributed by atoms with Crippen molar-refractivity contribution in [2.24, 2.45) is 5.92 Å². The summed E-state index contributed by atoms with van der Waals surface area (Å²) in [4.78, 5) is 2.31. The minimum Gasteiger partial charge on any atom is -0.309 e. The molecule has 1 heteroatoms. The van der Waals surface area contributed by atoms with E-state index in [2.05, 4.69) is 32.8 Å². The van der Waals surface area contributed by atoms with Crippen LogP contribution in [0.4, 0.5) is 0 Å². The lowest BCUT2D eigenvalue weighted by Gasteiger charge is -2.15. The molecule has 152 valence electrons. The summed E-state index contributed by atoms with van der Waals surface area (Å²) in [6, 6.07) is 0. The number of nitrogens with zero attached hydrogens (tertiary/aromatic N) is 1. The number of rotatable bonds is 20. The Morgan fingerprint density at radius 3 is 1.32 bits per heavy atom. The highest BCUT2D eigenvalue weighted by atomic mass is 15.0. The van der Waals surface area contributed by atoms with Crippen molar-refractivity contribution in [3.05, 3.63) is 0 Å². The van der Waals surface area contributed by atoms with Crippen LogP contribution in [-0.2, 0) is 0 Å². The van der Waals surface area contributed by atoms with E-state index in [1.807, 2.05) is 0 Å². The van der Waals surface area contributed by atoms with Gasteiger partial charge in [0.05, 0.1) is 0 Å². The third-order valence-electron chi connectivity index (χ3n) is 5.76. The smallest absolute Gasteiger partial charge is 0.00248 e. The maximum atomic E-state index is 2.39. The Kier molecular flexibility index (Phi) is 20.2. The fraction of sp³-hybridized carbons (Fsp3) is 1.00. The molecule has 0 heterocycles. The summed E-state index contributed by atoms with van der Waals surface area (Å²) in [5.41, 5.74) is 0. The Morgan fingerprint density at radius 2 is 0.920 bits per heavy atom. The molecule has 0 bridgehead atoms.